The van der Waals surface area contributed by atoms with Crippen molar-refractivity contribution in [1.82, 2.24) is 19.3 Å². The number of carboxylic acid groups (broad SMARTS) is 1. The number of thiazole rings is 1. The molecule has 4 aromatic rings. The summed E-state index contributed by atoms with van der Waals surface area (Å²) in [7, 11) is -4.08. The van der Waals surface area contributed by atoms with E-state index in [1.807, 2.05) is 38.1 Å². The quantitative estimate of drug-likeness (QED) is 0.244. The van der Waals surface area contributed by atoms with Gasteiger partial charge in [-0.25, -0.2) is 28.2 Å². The van der Waals surface area contributed by atoms with Gasteiger partial charge in [-0.2, -0.15) is 4.31 Å². The van der Waals surface area contributed by atoms with E-state index in [9.17, 15) is 23.1 Å². The Balaban J connectivity index is 1.66. The molecule has 13 heteroatoms. The van der Waals surface area contributed by atoms with Gasteiger partial charge in [0.05, 0.1) is 17.9 Å². The van der Waals surface area contributed by atoms with Crippen molar-refractivity contribution >= 4 is 39.2 Å². The number of aryl methyl sites for hydroxylation is 2. The highest BCUT2D eigenvalue weighted by molar-refractivity contribution is 7.89. The molecule has 4 rings (SSSR count). The lowest BCUT2D eigenvalue weighted by molar-refractivity contribution is -0.135. The van der Waals surface area contributed by atoms with Crippen LogP contribution in [0.5, 0.6) is 0 Å². The number of ether oxygens (including phenoxy) is 1. The first kappa shape index (κ1) is 31.7. The summed E-state index contributed by atoms with van der Waals surface area (Å²) in [4.78, 5) is 39.6. The lowest BCUT2D eigenvalue weighted by atomic mass is 10.1. The van der Waals surface area contributed by atoms with Crippen LogP contribution in [-0.2, 0) is 32.6 Å². The maximum Gasteiger partial charge on any atom is 0.416 e. The third kappa shape index (κ3) is 8.21. The van der Waals surface area contributed by atoms with Gasteiger partial charge in [-0.15, -0.1) is 11.3 Å². The molecule has 0 saturated carbocycles. The highest BCUT2D eigenvalue weighted by Crippen LogP contribution is 2.28. The summed E-state index contributed by atoms with van der Waals surface area (Å²) in [5, 5.41) is 10.2. The normalized spacial score (nSPS) is 11.9. The van der Waals surface area contributed by atoms with E-state index in [0.717, 1.165) is 31.6 Å². The molecule has 0 unspecified atom stereocenters. The van der Waals surface area contributed by atoms with Crippen molar-refractivity contribution in [3.05, 3.63) is 88.7 Å². The number of amides is 1. The number of nitrogens with zero attached hydrogens (tertiary/aromatic N) is 5. The molecule has 0 aliphatic rings. The van der Waals surface area contributed by atoms with Crippen molar-refractivity contribution in [2.75, 3.05) is 11.4 Å². The average Bonchev–Trinajstić information content (AvgIpc) is 3.29. The van der Waals surface area contributed by atoms with Crippen molar-refractivity contribution in [3.63, 3.8) is 0 Å². The maximum atomic E-state index is 13.8. The van der Waals surface area contributed by atoms with Crippen LogP contribution in [0.25, 0.3) is 10.6 Å². The molecule has 0 bridgehead atoms. The summed E-state index contributed by atoms with van der Waals surface area (Å²) in [6.07, 6.45) is 0.518. The number of carboxylic acids is 1. The Kier molecular flexibility index (Phi) is 9.58. The van der Waals surface area contributed by atoms with Crippen LogP contribution in [0, 0.1) is 13.8 Å². The first-order valence-corrected chi connectivity index (χ1v) is 15.6. The van der Waals surface area contributed by atoms with Gasteiger partial charge in [0.1, 0.15) is 23.0 Å². The second-order valence-corrected chi connectivity index (χ2v) is 13.8. The second kappa shape index (κ2) is 13.0. The fourth-order valence-corrected chi connectivity index (χ4v) is 6.24. The minimum Gasteiger partial charge on any atom is -0.480 e. The van der Waals surface area contributed by atoms with Gasteiger partial charge in [0.25, 0.3) is 10.0 Å². The molecule has 1 aromatic carbocycles. The minimum absolute atomic E-state index is 0.00588. The van der Waals surface area contributed by atoms with Crippen molar-refractivity contribution in [2.24, 2.45) is 0 Å². The number of aliphatic carboxylic acids is 1. The van der Waals surface area contributed by atoms with Gasteiger partial charge >= 0.3 is 12.1 Å². The molecule has 0 spiro atoms. The van der Waals surface area contributed by atoms with Crippen LogP contribution in [0.1, 0.15) is 42.6 Å². The van der Waals surface area contributed by atoms with E-state index in [1.165, 1.54) is 22.6 Å². The fraction of sp³-hybridized carbons (Fsp3) is 0.300. The topological polar surface area (TPSA) is 143 Å². The number of rotatable bonds is 10. The molecular formula is C30H33N5O6S2. The fourth-order valence-electron chi connectivity index (χ4n) is 3.99. The third-order valence-electron chi connectivity index (χ3n) is 6.14. The Morgan fingerprint density at radius 2 is 1.67 bits per heavy atom. The first-order chi connectivity index (χ1) is 20.2. The van der Waals surface area contributed by atoms with Crippen LogP contribution in [0.15, 0.2) is 71.9 Å². The lowest BCUT2D eigenvalue weighted by Gasteiger charge is -2.26. The molecule has 1 N–H and O–H groups in total. The summed E-state index contributed by atoms with van der Waals surface area (Å²) >= 11 is 1.59. The van der Waals surface area contributed by atoms with Gasteiger partial charge < -0.3 is 9.84 Å². The monoisotopic (exact) mass is 623 g/mol. The zero-order valence-corrected chi connectivity index (χ0v) is 26.1. The summed E-state index contributed by atoms with van der Waals surface area (Å²) in [5.74, 6) is -1.24. The number of aromatic nitrogens is 3. The van der Waals surface area contributed by atoms with E-state index in [2.05, 4.69) is 15.0 Å². The van der Waals surface area contributed by atoms with E-state index >= 15 is 0 Å². The Hall–Kier alpha value is -4.20. The van der Waals surface area contributed by atoms with Crippen molar-refractivity contribution in [3.8, 4) is 10.6 Å². The molecular weight excluding hydrogens is 590 g/mol. The molecule has 0 radical (unpaired) electrons. The molecule has 43 heavy (non-hydrogen) atoms. The average molecular weight is 624 g/mol. The minimum atomic E-state index is -4.08. The van der Waals surface area contributed by atoms with Crippen LogP contribution < -0.4 is 4.90 Å². The molecule has 0 aliphatic carbocycles. The van der Waals surface area contributed by atoms with Crippen LogP contribution >= 0.6 is 11.3 Å². The van der Waals surface area contributed by atoms with Crippen LogP contribution in [0.4, 0.5) is 10.6 Å². The number of sulfonamides is 1. The van der Waals surface area contributed by atoms with Crippen LogP contribution in [-0.4, -0.2) is 57.0 Å². The number of carbonyl (C=O) groups excluding carboxylic acids is 1. The smallest absolute Gasteiger partial charge is 0.416 e. The second-order valence-electron chi connectivity index (χ2n) is 10.7. The predicted molar refractivity (Wildman–Crippen MR) is 163 cm³/mol. The largest absolute Gasteiger partial charge is 0.480 e. The molecule has 0 saturated heterocycles. The molecule has 0 fully saturated rings. The Morgan fingerprint density at radius 3 is 2.26 bits per heavy atom. The van der Waals surface area contributed by atoms with Gasteiger partial charge in [-0.3, -0.25) is 9.69 Å². The maximum absolute atomic E-state index is 13.8. The zero-order chi connectivity index (χ0) is 31.4. The lowest BCUT2D eigenvalue weighted by Crippen LogP contribution is -2.40. The molecule has 1 amide bonds. The summed E-state index contributed by atoms with van der Waals surface area (Å²) < 4.78 is 34.1. The van der Waals surface area contributed by atoms with E-state index in [1.54, 1.807) is 56.4 Å². The summed E-state index contributed by atoms with van der Waals surface area (Å²) in [6.45, 7) is 8.12. The molecule has 0 atom stereocenters. The first-order valence-electron chi connectivity index (χ1n) is 13.4. The van der Waals surface area contributed by atoms with Crippen LogP contribution in [0.2, 0.25) is 0 Å². The molecule has 3 heterocycles. The van der Waals surface area contributed by atoms with E-state index in [-0.39, 0.29) is 23.9 Å². The molecule has 3 aromatic heterocycles. The highest BCUT2D eigenvalue weighted by Gasteiger charge is 2.29. The van der Waals surface area contributed by atoms with Gasteiger partial charge in [0, 0.05) is 23.2 Å². The summed E-state index contributed by atoms with van der Waals surface area (Å²) in [5.41, 5.74) is 2.05. The molecule has 226 valence electrons. The van der Waals surface area contributed by atoms with E-state index in [4.69, 9.17) is 4.74 Å². The number of carbonyl (C=O) groups is 2. The van der Waals surface area contributed by atoms with Crippen molar-refractivity contribution < 1.29 is 27.9 Å². The molecule has 0 aliphatic heterocycles. The van der Waals surface area contributed by atoms with Gasteiger partial charge in [0.2, 0.25) is 0 Å². The standard InChI is InChI=1S/C30H33N5O6S2/c1-20-21(2)42-28(32-20)23-14-12-22(13-15-23)17-34(43(39,40)26-11-6-7-16-31-26)18-24-9-8-10-25(33-24)35(19-27(36)37)29(38)41-30(3,4)5/h6-16H,17-19H2,1-5H3,(H,36,37). The molecule has 11 nitrogen and oxygen atoms in total. The number of anilines is 1. The number of hydrogen-bond acceptors (Lipinski definition) is 9. The Bertz CT molecular complexity index is 1680. The SMILES string of the molecule is Cc1nc(-c2ccc(CN(Cc3cccc(N(CC(=O)O)C(=O)OC(C)(C)C)n3)S(=O)(=O)c3ccccn3)cc2)sc1C. The zero-order valence-electron chi connectivity index (χ0n) is 24.5. The number of benzene rings is 1. The Labute approximate surface area is 254 Å². The Morgan fingerprint density at radius 1 is 0.953 bits per heavy atom. The summed E-state index contributed by atoms with van der Waals surface area (Å²) in [6, 6.07) is 16.8. The number of pyridine rings is 2. The van der Waals surface area contributed by atoms with Crippen LogP contribution in [0.3, 0.4) is 0 Å². The van der Waals surface area contributed by atoms with Crippen molar-refractivity contribution in [2.45, 2.75) is 58.3 Å². The van der Waals surface area contributed by atoms with Gasteiger partial charge in [0.15, 0.2) is 5.03 Å². The van der Waals surface area contributed by atoms with E-state index in [0.29, 0.717) is 5.69 Å². The van der Waals surface area contributed by atoms with Gasteiger partial charge in [-0.05, 0) is 64.4 Å². The highest BCUT2D eigenvalue weighted by atomic mass is 32.2. The third-order valence-corrected chi connectivity index (χ3v) is 8.97. The predicted octanol–water partition coefficient (Wildman–Crippen LogP) is 5.43. The van der Waals surface area contributed by atoms with Gasteiger partial charge in [-0.1, -0.05) is 36.4 Å². The van der Waals surface area contributed by atoms with E-state index < -0.39 is 34.2 Å². The van der Waals surface area contributed by atoms with Crippen molar-refractivity contribution in [1.29, 1.82) is 0 Å². The number of hydrogen-bond donors (Lipinski definition) is 1.